The van der Waals surface area contributed by atoms with Crippen LogP contribution in [0.25, 0.3) is 6.08 Å². The molecule has 0 aliphatic heterocycles. The first kappa shape index (κ1) is 16.6. The summed E-state index contributed by atoms with van der Waals surface area (Å²) in [6, 6.07) is 4.51. The Balaban J connectivity index is 2.84. The average Bonchev–Trinajstić information content (AvgIpc) is 2.50. The molecule has 114 valence electrons. The van der Waals surface area contributed by atoms with Gasteiger partial charge in [-0.3, -0.25) is 0 Å². The lowest BCUT2D eigenvalue weighted by molar-refractivity contribution is -0.149. The van der Waals surface area contributed by atoms with E-state index in [-0.39, 0.29) is 5.75 Å². The monoisotopic (exact) mass is 294 g/mol. The summed E-state index contributed by atoms with van der Waals surface area (Å²) < 4.78 is 14.5. The van der Waals surface area contributed by atoms with Crippen molar-refractivity contribution < 1.29 is 28.9 Å². The first-order chi connectivity index (χ1) is 10.0. The number of rotatable bonds is 6. The molecule has 0 aliphatic carbocycles. The zero-order chi connectivity index (χ0) is 15.8. The summed E-state index contributed by atoms with van der Waals surface area (Å²) in [4.78, 5) is 22.4. The molecule has 21 heavy (non-hydrogen) atoms. The van der Waals surface area contributed by atoms with E-state index >= 15 is 0 Å². The van der Waals surface area contributed by atoms with Gasteiger partial charge in [0.05, 0.1) is 14.2 Å². The smallest absolute Gasteiger partial charge is 0.347 e. The number of carbonyl (C=O) groups excluding carboxylic acids is 2. The van der Waals surface area contributed by atoms with Gasteiger partial charge < -0.3 is 19.3 Å². The topological polar surface area (TPSA) is 82.1 Å². The predicted molar refractivity (Wildman–Crippen MR) is 75.9 cm³/mol. The highest BCUT2D eigenvalue weighted by atomic mass is 16.6. The van der Waals surface area contributed by atoms with Crippen molar-refractivity contribution in [2.75, 3.05) is 14.2 Å². The van der Waals surface area contributed by atoms with Gasteiger partial charge in [0.2, 0.25) is 0 Å². The average molecular weight is 294 g/mol. The van der Waals surface area contributed by atoms with Gasteiger partial charge in [0.1, 0.15) is 11.5 Å². The van der Waals surface area contributed by atoms with E-state index in [0.717, 1.165) is 0 Å². The number of methoxy groups -OCH3 is 2. The first-order valence-electron chi connectivity index (χ1n) is 6.35. The summed E-state index contributed by atoms with van der Waals surface area (Å²) in [7, 11) is 2.55. The Hall–Kier alpha value is -2.50. The van der Waals surface area contributed by atoms with Crippen LogP contribution in [0, 0.1) is 0 Å². The van der Waals surface area contributed by atoms with Crippen LogP contribution in [0.5, 0.6) is 11.5 Å². The Morgan fingerprint density at radius 3 is 2.52 bits per heavy atom. The maximum atomic E-state index is 11.4. The van der Waals surface area contributed by atoms with Crippen LogP contribution in [0.2, 0.25) is 0 Å². The van der Waals surface area contributed by atoms with Crippen molar-refractivity contribution in [3.05, 3.63) is 29.8 Å². The lowest BCUT2D eigenvalue weighted by atomic mass is 10.1. The minimum atomic E-state index is -0.731. The number of benzene rings is 1. The fourth-order valence-electron chi connectivity index (χ4n) is 1.56. The maximum absolute atomic E-state index is 11.4. The quantitative estimate of drug-likeness (QED) is 0.637. The molecule has 1 aromatic rings. The molecule has 1 N–H and O–H groups in total. The molecule has 0 saturated heterocycles. The van der Waals surface area contributed by atoms with Gasteiger partial charge in [-0.15, -0.1) is 0 Å². The van der Waals surface area contributed by atoms with E-state index in [1.54, 1.807) is 19.1 Å². The fourth-order valence-corrected chi connectivity index (χ4v) is 1.56. The molecule has 0 fully saturated rings. The molecule has 0 aliphatic rings. The van der Waals surface area contributed by atoms with Crippen LogP contribution in [0.3, 0.4) is 0 Å². The molecule has 6 nitrogen and oxygen atoms in total. The third-order valence-corrected chi connectivity index (χ3v) is 2.72. The van der Waals surface area contributed by atoms with Gasteiger partial charge in [0, 0.05) is 17.7 Å². The van der Waals surface area contributed by atoms with Crippen molar-refractivity contribution in [1.29, 1.82) is 0 Å². The highest BCUT2D eigenvalue weighted by Crippen LogP contribution is 2.26. The summed E-state index contributed by atoms with van der Waals surface area (Å²) in [6.45, 7) is 1.79. The van der Waals surface area contributed by atoms with Crippen LogP contribution >= 0.6 is 0 Å². The number of hydrogen-bond acceptors (Lipinski definition) is 6. The van der Waals surface area contributed by atoms with Gasteiger partial charge >= 0.3 is 11.9 Å². The van der Waals surface area contributed by atoms with Crippen LogP contribution < -0.4 is 4.74 Å². The van der Waals surface area contributed by atoms with E-state index < -0.39 is 18.0 Å². The molecular formula is C15H18O6. The van der Waals surface area contributed by atoms with Gasteiger partial charge in [-0.1, -0.05) is 6.92 Å². The SMILES string of the molecule is CCC(Oc1ccc(C=CC(=O)OC)c(O)c1)C(=O)OC. The second-order valence-electron chi connectivity index (χ2n) is 4.12. The Labute approximate surface area is 122 Å². The standard InChI is InChI=1S/C15H18O6/c1-4-13(15(18)20-3)21-11-7-5-10(12(16)9-11)6-8-14(17)19-2/h5-9,13,16H,4H2,1-3H3. The zero-order valence-corrected chi connectivity index (χ0v) is 12.2. The zero-order valence-electron chi connectivity index (χ0n) is 12.2. The molecular weight excluding hydrogens is 276 g/mol. The molecule has 1 aromatic carbocycles. The van der Waals surface area contributed by atoms with Crippen LogP contribution in [-0.4, -0.2) is 37.4 Å². The molecule has 0 spiro atoms. The summed E-state index contributed by atoms with van der Waals surface area (Å²) >= 11 is 0. The second kappa shape index (κ2) is 7.94. The summed E-state index contributed by atoms with van der Waals surface area (Å²) in [5, 5.41) is 9.86. The van der Waals surface area contributed by atoms with E-state index in [1.807, 2.05) is 0 Å². The third kappa shape index (κ3) is 4.83. The van der Waals surface area contributed by atoms with Crippen LogP contribution in [0.4, 0.5) is 0 Å². The van der Waals surface area contributed by atoms with Gasteiger partial charge in [0.25, 0.3) is 0 Å². The van der Waals surface area contributed by atoms with E-state index in [2.05, 4.69) is 9.47 Å². The van der Waals surface area contributed by atoms with Crippen LogP contribution in [-0.2, 0) is 19.1 Å². The number of phenolic OH excluding ortho intramolecular Hbond substituents is 1. The molecule has 0 amide bonds. The van der Waals surface area contributed by atoms with Crippen LogP contribution in [0.15, 0.2) is 24.3 Å². The lowest BCUT2D eigenvalue weighted by Crippen LogP contribution is -2.27. The number of aromatic hydroxyl groups is 1. The minimum Gasteiger partial charge on any atom is -0.507 e. The number of hydrogen-bond donors (Lipinski definition) is 1. The van der Waals surface area contributed by atoms with Crippen molar-refractivity contribution in [3.8, 4) is 11.5 Å². The summed E-state index contributed by atoms with van der Waals surface area (Å²) in [5.74, 6) is -0.745. The van der Waals surface area contributed by atoms with Crippen LogP contribution in [0.1, 0.15) is 18.9 Å². The number of carbonyl (C=O) groups is 2. The lowest BCUT2D eigenvalue weighted by Gasteiger charge is -2.15. The van der Waals surface area contributed by atoms with Crippen molar-refractivity contribution in [2.45, 2.75) is 19.4 Å². The molecule has 0 radical (unpaired) electrons. The highest BCUT2D eigenvalue weighted by molar-refractivity contribution is 5.87. The van der Waals surface area contributed by atoms with Gasteiger partial charge in [-0.2, -0.15) is 0 Å². The largest absolute Gasteiger partial charge is 0.507 e. The predicted octanol–water partition coefficient (Wildman–Crippen LogP) is 1.91. The minimum absolute atomic E-state index is 0.0765. The first-order valence-corrected chi connectivity index (χ1v) is 6.35. The van der Waals surface area contributed by atoms with Crippen molar-refractivity contribution in [3.63, 3.8) is 0 Å². The van der Waals surface area contributed by atoms with Gasteiger partial charge in [-0.25, -0.2) is 9.59 Å². The van der Waals surface area contributed by atoms with E-state index in [1.165, 1.54) is 32.4 Å². The molecule has 6 heteroatoms. The molecule has 1 atom stereocenters. The molecule has 0 bridgehead atoms. The maximum Gasteiger partial charge on any atom is 0.347 e. The van der Waals surface area contributed by atoms with Crippen molar-refractivity contribution >= 4 is 18.0 Å². The van der Waals surface area contributed by atoms with Crippen molar-refractivity contribution in [2.24, 2.45) is 0 Å². The molecule has 1 rings (SSSR count). The van der Waals surface area contributed by atoms with E-state index in [4.69, 9.17) is 4.74 Å². The Morgan fingerprint density at radius 2 is 2.00 bits per heavy atom. The van der Waals surface area contributed by atoms with Gasteiger partial charge in [0.15, 0.2) is 6.10 Å². The number of phenols is 1. The molecule has 1 unspecified atom stereocenters. The van der Waals surface area contributed by atoms with E-state index in [9.17, 15) is 14.7 Å². The molecule has 0 saturated carbocycles. The van der Waals surface area contributed by atoms with E-state index in [0.29, 0.717) is 17.7 Å². The molecule has 0 heterocycles. The Morgan fingerprint density at radius 1 is 1.29 bits per heavy atom. The Bertz CT molecular complexity index is 535. The number of esters is 2. The summed E-state index contributed by atoms with van der Waals surface area (Å²) in [5.41, 5.74) is 0.430. The third-order valence-electron chi connectivity index (χ3n) is 2.72. The second-order valence-corrected chi connectivity index (χ2v) is 4.12. The fraction of sp³-hybridized carbons (Fsp3) is 0.333. The summed E-state index contributed by atoms with van der Waals surface area (Å²) in [6.07, 6.45) is 2.32. The highest BCUT2D eigenvalue weighted by Gasteiger charge is 2.19. The number of ether oxygens (including phenoxy) is 3. The van der Waals surface area contributed by atoms with Gasteiger partial charge in [-0.05, 0) is 24.6 Å². The normalized spacial score (nSPS) is 12.0. The van der Waals surface area contributed by atoms with Crippen molar-refractivity contribution in [1.82, 2.24) is 0 Å². The molecule has 0 aromatic heterocycles. The Kier molecular flexibility index (Phi) is 6.26.